The van der Waals surface area contributed by atoms with E-state index < -0.39 is 5.97 Å². The Morgan fingerprint density at radius 3 is 2.39 bits per heavy atom. The molecule has 3 heterocycles. The number of nitrogens with zero attached hydrogens (tertiary/aromatic N) is 5. The van der Waals surface area contributed by atoms with Gasteiger partial charge in [0.25, 0.3) is 0 Å². The Bertz CT molecular complexity index is 1200. The number of aromatic nitrogens is 5. The van der Waals surface area contributed by atoms with Gasteiger partial charge in [0.15, 0.2) is 5.69 Å². The average molecular weight is 551 g/mol. The van der Waals surface area contributed by atoms with E-state index in [0.717, 1.165) is 22.5 Å². The molecule has 7 nitrogen and oxygen atoms in total. The fourth-order valence-electron chi connectivity index (χ4n) is 2.78. The smallest absolute Gasteiger partial charge is 0.356 e. The molecule has 0 bridgehead atoms. The maximum absolute atomic E-state index is 10.1. The molecule has 0 radical (unpaired) electrons. The van der Waals surface area contributed by atoms with E-state index in [2.05, 4.69) is 42.1 Å². The molecule has 0 saturated carbocycles. The van der Waals surface area contributed by atoms with Crippen LogP contribution in [-0.2, 0) is 21.1 Å². The second kappa shape index (κ2) is 8.58. The van der Waals surface area contributed by atoms with Gasteiger partial charge in [0, 0.05) is 45.9 Å². The molecule has 0 aliphatic carbocycles. The van der Waals surface area contributed by atoms with E-state index >= 15 is 0 Å². The zero-order valence-electron chi connectivity index (χ0n) is 14.4. The molecule has 2 aromatic carbocycles. The first-order chi connectivity index (χ1) is 13.3. The molecular formula is C20H14N5O2Pt-. The van der Waals surface area contributed by atoms with Crippen molar-refractivity contribution in [1.29, 1.82) is 0 Å². The van der Waals surface area contributed by atoms with Gasteiger partial charge in [-0.05, 0) is 12.1 Å². The number of benzene rings is 2. The first-order valence-electron chi connectivity index (χ1n) is 8.14. The number of aromatic carboxylic acids is 1. The molecule has 5 rings (SSSR count). The minimum atomic E-state index is -1.05. The quantitative estimate of drug-likeness (QED) is 0.341. The third-order valence-corrected chi connectivity index (χ3v) is 3.92. The maximum Gasteiger partial charge on any atom is 0.356 e. The summed E-state index contributed by atoms with van der Waals surface area (Å²) in [5.74, 6) is -0.137. The van der Waals surface area contributed by atoms with Gasteiger partial charge in [0.2, 0.25) is 5.78 Å². The maximum atomic E-state index is 10.1. The van der Waals surface area contributed by atoms with Crippen molar-refractivity contribution in [2.45, 2.75) is 0 Å². The molecule has 0 spiro atoms. The van der Waals surface area contributed by atoms with Crippen molar-refractivity contribution in [3.05, 3.63) is 91.3 Å². The van der Waals surface area contributed by atoms with Crippen LogP contribution in [0.4, 0.5) is 0 Å². The minimum Gasteiger partial charge on any atom is -0.476 e. The largest absolute Gasteiger partial charge is 0.476 e. The van der Waals surface area contributed by atoms with E-state index in [4.69, 9.17) is 5.11 Å². The molecule has 0 saturated heterocycles. The van der Waals surface area contributed by atoms with Crippen molar-refractivity contribution in [1.82, 2.24) is 23.9 Å². The van der Waals surface area contributed by atoms with E-state index in [-0.39, 0.29) is 26.8 Å². The molecule has 142 valence electrons. The predicted molar refractivity (Wildman–Crippen MR) is 99.9 cm³/mol. The van der Waals surface area contributed by atoms with Crippen LogP contribution in [0.15, 0.2) is 79.5 Å². The number of carbonyl (C=O) groups is 1. The predicted octanol–water partition coefficient (Wildman–Crippen LogP) is 3.25. The van der Waals surface area contributed by atoms with Crippen molar-refractivity contribution in [3.8, 4) is 5.69 Å². The Balaban J connectivity index is 0.000000193. The normalized spacial score (nSPS) is 10.1. The Hall–Kier alpha value is -3.31. The van der Waals surface area contributed by atoms with Crippen molar-refractivity contribution in [2.75, 3.05) is 0 Å². The Morgan fingerprint density at radius 1 is 0.964 bits per heavy atom. The van der Waals surface area contributed by atoms with Crippen LogP contribution in [0.25, 0.3) is 22.5 Å². The Labute approximate surface area is 174 Å². The van der Waals surface area contributed by atoms with E-state index in [1.807, 2.05) is 48.8 Å². The van der Waals surface area contributed by atoms with E-state index in [1.165, 1.54) is 18.6 Å². The number of rotatable bonds is 2. The van der Waals surface area contributed by atoms with E-state index in [1.54, 1.807) is 0 Å². The van der Waals surface area contributed by atoms with Crippen LogP contribution in [0.3, 0.4) is 0 Å². The molecule has 0 amide bonds. The molecule has 0 fully saturated rings. The molecular weight excluding hydrogens is 537 g/mol. The van der Waals surface area contributed by atoms with Crippen LogP contribution >= 0.6 is 0 Å². The number of carboxylic acid groups (broad SMARTS) is 1. The van der Waals surface area contributed by atoms with Gasteiger partial charge in [-0.3, -0.25) is 9.38 Å². The molecule has 8 heteroatoms. The van der Waals surface area contributed by atoms with Gasteiger partial charge in [0.05, 0.1) is 17.2 Å². The second-order valence-corrected chi connectivity index (χ2v) is 5.56. The van der Waals surface area contributed by atoms with Crippen LogP contribution in [0.1, 0.15) is 10.5 Å². The standard InChI is InChI=1S/C15H10N3.C5H4N2O2.Pt/c1-2-6-12(7-3-1)18-14-9-5-4-8-13(14)17-11-10-16-15(17)18;8-5(9)4-3-6-1-2-7-4;/h1-6,8-11H;1-3H,(H,8,9);/q-1;;. The van der Waals surface area contributed by atoms with Gasteiger partial charge in [0.1, 0.15) is 0 Å². The van der Waals surface area contributed by atoms with Gasteiger partial charge in [-0.25, -0.2) is 14.8 Å². The van der Waals surface area contributed by atoms with Crippen LogP contribution in [0.2, 0.25) is 0 Å². The number of hydrogen-bond acceptors (Lipinski definition) is 4. The summed E-state index contributed by atoms with van der Waals surface area (Å²) in [5, 5.41) is 8.28. The number of hydrogen-bond donors (Lipinski definition) is 1. The average Bonchev–Trinajstić information content (AvgIpc) is 3.30. The fraction of sp³-hybridized carbons (Fsp3) is 0. The zero-order chi connectivity index (χ0) is 18.6. The topological polar surface area (TPSA) is 85.3 Å². The SMILES string of the molecule is O=C(O)c1cnccn1.[Pt].[c-]1ccccc1-n1c2ccccc2n2ccnc12. The monoisotopic (exact) mass is 551 g/mol. The molecule has 1 N–H and O–H groups in total. The molecule has 0 atom stereocenters. The zero-order valence-corrected chi connectivity index (χ0v) is 16.7. The number of carboxylic acids is 1. The summed E-state index contributed by atoms with van der Waals surface area (Å²) < 4.78 is 4.21. The fourth-order valence-corrected chi connectivity index (χ4v) is 2.78. The van der Waals surface area contributed by atoms with Gasteiger partial charge < -0.3 is 9.67 Å². The summed E-state index contributed by atoms with van der Waals surface area (Å²) in [6.07, 6.45) is 7.76. The van der Waals surface area contributed by atoms with Gasteiger partial charge in [-0.2, -0.15) is 24.3 Å². The third-order valence-electron chi connectivity index (χ3n) is 3.92. The Kier molecular flexibility index (Phi) is 5.96. The molecule has 0 aliphatic rings. The van der Waals surface area contributed by atoms with Crippen molar-refractivity contribution in [2.24, 2.45) is 0 Å². The van der Waals surface area contributed by atoms with Gasteiger partial charge in [-0.1, -0.05) is 17.8 Å². The molecule has 28 heavy (non-hydrogen) atoms. The van der Waals surface area contributed by atoms with Crippen molar-refractivity contribution in [3.63, 3.8) is 0 Å². The van der Waals surface area contributed by atoms with E-state index in [0.29, 0.717) is 0 Å². The molecule has 3 aromatic heterocycles. The summed E-state index contributed by atoms with van der Waals surface area (Å²) in [6.45, 7) is 0. The number of imidazole rings is 2. The first-order valence-corrected chi connectivity index (χ1v) is 8.14. The van der Waals surface area contributed by atoms with Crippen LogP contribution in [-0.4, -0.2) is 35.0 Å². The van der Waals surface area contributed by atoms with E-state index in [9.17, 15) is 4.79 Å². The van der Waals surface area contributed by atoms with Crippen LogP contribution in [0, 0.1) is 6.07 Å². The molecule has 0 aliphatic heterocycles. The van der Waals surface area contributed by atoms with Crippen LogP contribution in [0.5, 0.6) is 0 Å². The summed E-state index contributed by atoms with van der Waals surface area (Å²) in [5.41, 5.74) is 3.28. The number of fused-ring (bicyclic) bond motifs is 3. The van der Waals surface area contributed by atoms with Crippen molar-refractivity contribution >= 4 is 22.8 Å². The first kappa shape index (κ1) is 19.4. The second-order valence-electron chi connectivity index (χ2n) is 5.56. The Morgan fingerprint density at radius 2 is 1.75 bits per heavy atom. The number of para-hydroxylation sites is 3. The summed E-state index contributed by atoms with van der Waals surface area (Å²) in [7, 11) is 0. The molecule has 5 aromatic rings. The van der Waals surface area contributed by atoms with Crippen LogP contribution < -0.4 is 0 Å². The van der Waals surface area contributed by atoms with Gasteiger partial charge >= 0.3 is 5.97 Å². The van der Waals surface area contributed by atoms with Crippen molar-refractivity contribution < 1.29 is 31.0 Å². The summed E-state index contributed by atoms with van der Waals surface area (Å²) in [6, 6.07) is 19.5. The summed E-state index contributed by atoms with van der Waals surface area (Å²) >= 11 is 0. The third kappa shape index (κ3) is 3.70. The molecule has 0 unspecified atom stereocenters. The summed E-state index contributed by atoms with van der Waals surface area (Å²) in [4.78, 5) is 21.6. The minimum absolute atomic E-state index is 0. The van der Waals surface area contributed by atoms with Gasteiger partial charge in [-0.15, -0.1) is 6.07 Å².